The molecular weight excluding hydrogens is 898 g/mol. The molecule has 0 radical (unpaired) electrons. The van der Waals surface area contributed by atoms with E-state index in [9.17, 15) is 19.2 Å². The van der Waals surface area contributed by atoms with Crippen LogP contribution in [0, 0.1) is 18.0 Å². The first-order valence-electron chi connectivity index (χ1n) is 17.2. The predicted molar refractivity (Wildman–Crippen MR) is 223 cm³/mol. The molecule has 6 rings (SSSR count). The highest BCUT2D eigenvalue weighted by molar-refractivity contribution is 14.2. The van der Waals surface area contributed by atoms with Gasteiger partial charge >= 0.3 is 11.9 Å². The molecule has 0 aromatic heterocycles. The van der Waals surface area contributed by atoms with Crippen LogP contribution in [-0.4, -0.2) is 36.3 Å². The molecule has 0 bridgehead atoms. The van der Waals surface area contributed by atoms with Crippen molar-refractivity contribution in [3.8, 4) is 11.5 Å². The van der Waals surface area contributed by atoms with Gasteiger partial charge in [0.2, 0.25) is 0 Å². The maximum Gasteiger partial charge on any atom is 0.354 e. The molecule has 0 spiro atoms. The van der Waals surface area contributed by atoms with Gasteiger partial charge in [0.15, 0.2) is 15.1 Å². The van der Waals surface area contributed by atoms with Gasteiger partial charge in [-0.25, -0.2) is 9.59 Å². The largest absolute Gasteiger partial charge is 0.488 e. The highest BCUT2D eigenvalue weighted by atomic mass is 127. The second-order valence-electron chi connectivity index (χ2n) is 14.6. The van der Waals surface area contributed by atoms with Gasteiger partial charge < -0.3 is 18.9 Å². The smallest absolute Gasteiger partial charge is 0.354 e. The van der Waals surface area contributed by atoms with Crippen molar-refractivity contribution in [2.45, 2.75) is 73.4 Å². The zero-order chi connectivity index (χ0) is 38.2. The van der Waals surface area contributed by atoms with Gasteiger partial charge in [-0.15, -0.1) is 0 Å². The van der Waals surface area contributed by atoms with Crippen LogP contribution in [-0.2, 0) is 41.9 Å². The van der Waals surface area contributed by atoms with Crippen LogP contribution < -0.4 is 9.47 Å². The number of para-hydroxylation sites is 2. The van der Waals surface area contributed by atoms with Gasteiger partial charge in [-0.1, -0.05) is 161 Å². The molecule has 1 saturated heterocycles. The van der Waals surface area contributed by atoms with Crippen molar-refractivity contribution in [2.75, 3.05) is 0 Å². The minimum Gasteiger partial charge on any atom is -0.488 e. The molecule has 0 unspecified atom stereocenters. The molecular formula is C43H44I2O8. The summed E-state index contributed by atoms with van der Waals surface area (Å²) in [4.78, 5) is 50.1. The van der Waals surface area contributed by atoms with E-state index in [-0.39, 0.29) is 20.5 Å². The standard InChI is InChI=1S/C22H23IO5.C21H21IO3/c1-21(2,3)22(4)27-19(24)18(20(25)28-22)23-16-12-8-9-13-17(16)26-14-15-10-6-5-7-11-15;1-21(2)12-17(23)20(18(24)13-21)22-16-10-6-7-11-19(16)25-14-15-8-4-3-5-9-15/h5-13H,14H2,1-4H3;3-11H,12-14H2,1-2H3. The summed E-state index contributed by atoms with van der Waals surface area (Å²) in [6.07, 6.45) is 0.918. The normalized spacial score (nSPS) is 18.4. The number of ether oxygens (including phenoxy) is 4. The highest BCUT2D eigenvalue weighted by Crippen LogP contribution is 2.39. The molecule has 2 fully saturated rings. The molecule has 278 valence electrons. The summed E-state index contributed by atoms with van der Waals surface area (Å²) >= 11 is -1.94. The van der Waals surface area contributed by atoms with Crippen molar-refractivity contribution in [3.05, 3.63) is 127 Å². The zero-order valence-corrected chi connectivity index (χ0v) is 35.1. The third kappa shape index (κ3) is 10.8. The molecule has 1 aliphatic carbocycles. The Balaban J connectivity index is 0.000000206. The summed E-state index contributed by atoms with van der Waals surface area (Å²) < 4.78 is 25.4. The van der Waals surface area contributed by atoms with Crippen LogP contribution in [0.1, 0.15) is 65.5 Å². The summed E-state index contributed by atoms with van der Waals surface area (Å²) in [6, 6.07) is 35.0. The minimum atomic E-state index is -1.28. The third-order valence-electron chi connectivity index (χ3n) is 8.60. The number of Topliss-reactive ketones (excluding diaryl/α,β-unsaturated/α-hetero) is 2. The lowest BCUT2D eigenvalue weighted by atomic mass is 9.76. The SMILES string of the molecule is CC(C)(C)C1(C)OC(=O)C(=Ic2ccccc2OCc2ccccc2)C(=O)O1.CC1(C)CC(=O)C(=Ic2ccccc2OCc2ccccc2)C(=O)C1. The number of esters is 2. The number of hydrogen-bond donors (Lipinski definition) is 0. The van der Waals surface area contributed by atoms with Gasteiger partial charge in [-0.3, -0.25) is 9.59 Å². The van der Waals surface area contributed by atoms with Gasteiger partial charge in [0, 0.05) is 25.2 Å². The number of ketones is 2. The van der Waals surface area contributed by atoms with E-state index in [4.69, 9.17) is 18.9 Å². The van der Waals surface area contributed by atoms with E-state index in [1.54, 1.807) is 6.92 Å². The first-order chi connectivity index (χ1) is 25.1. The Hall–Kier alpha value is -4.04. The topological polar surface area (TPSA) is 105 Å². The van der Waals surface area contributed by atoms with E-state index in [1.807, 2.05) is 144 Å². The predicted octanol–water partition coefficient (Wildman–Crippen LogP) is 8.98. The maximum atomic E-state index is 12.6. The third-order valence-corrected chi connectivity index (χ3v) is 14.7. The fraction of sp³-hybridized carbons (Fsp3) is 0.302. The monoisotopic (exact) mass is 942 g/mol. The van der Waals surface area contributed by atoms with Crippen molar-refractivity contribution in [1.29, 1.82) is 0 Å². The van der Waals surface area contributed by atoms with Crippen LogP contribution in [0.25, 0.3) is 0 Å². The van der Waals surface area contributed by atoms with Gasteiger partial charge in [0.25, 0.3) is 5.79 Å². The number of rotatable bonds is 8. The number of hydrogen-bond acceptors (Lipinski definition) is 8. The van der Waals surface area contributed by atoms with E-state index in [0.29, 0.717) is 35.3 Å². The Bertz CT molecular complexity index is 1990. The second kappa shape index (κ2) is 17.4. The number of cyclic esters (lactones) is 2. The number of carbonyl (C=O) groups is 4. The second-order valence-corrected chi connectivity index (χ2v) is 20.1. The lowest BCUT2D eigenvalue weighted by molar-refractivity contribution is -0.254. The fourth-order valence-corrected chi connectivity index (χ4v) is 10.0. The van der Waals surface area contributed by atoms with Crippen LogP contribution in [0.5, 0.6) is 11.5 Å². The first kappa shape index (κ1) is 40.2. The number of halogens is 2. The van der Waals surface area contributed by atoms with Crippen LogP contribution >= 0.6 is 41.5 Å². The summed E-state index contributed by atoms with van der Waals surface area (Å²) in [7, 11) is 0. The van der Waals surface area contributed by atoms with Crippen molar-refractivity contribution in [1.82, 2.24) is 0 Å². The van der Waals surface area contributed by atoms with E-state index in [1.165, 1.54) is 0 Å². The molecule has 4 aromatic carbocycles. The van der Waals surface area contributed by atoms with Gasteiger partial charge in [-0.2, -0.15) is 0 Å². The molecule has 53 heavy (non-hydrogen) atoms. The van der Waals surface area contributed by atoms with Gasteiger partial charge in [0.05, 0.1) is 10.6 Å². The first-order valence-corrected chi connectivity index (χ1v) is 21.5. The number of benzene rings is 4. The molecule has 1 aliphatic heterocycles. The summed E-state index contributed by atoms with van der Waals surface area (Å²) in [6.45, 7) is 12.1. The molecule has 4 aromatic rings. The Morgan fingerprint density at radius 1 is 0.566 bits per heavy atom. The average molecular weight is 943 g/mol. The lowest BCUT2D eigenvalue weighted by Gasteiger charge is -2.42. The molecule has 8 nitrogen and oxygen atoms in total. The summed E-state index contributed by atoms with van der Waals surface area (Å²) in [5.74, 6) is -0.997. The van der Waals surface area contributed by atoms with Crippen LogP contribution in [0.15, 0.2) is 109 Å². The average Bonchev–Trinajstić information content (AvgIpc) is 3.11. The quantitative estimate of drug-likeness (QED) is 0.128. The van der Waals surface area contributed by atoms with Crippen LogP contribution in [0.2, 0.25) is 0 Å². The van der Waals surface area contributed by atoms with E-state index < -0.39 is 64.6 Å². The fourth-order valence-electron chi connectivity index (χ4n) is 5.23. The lowest BCUT2D eigenvalue weighted by Crippen LogP contribution is -2.54. The minimum absolute atomic E-state index is 0.0203. The molecule has 1 heterocycles. The summed E-state index contributed by atoms with van der Waals surface area (Å²) in [5.41, 5.74) is 1.39. The van der Waals surface area contributed by atoms with Gasteiger partial charge in [0.1, 0.15) is 24.7 Å². The summed E-state index contributed by atoms with van der Waals surface area (Å²) in [5, 5.41) is 0. The van der Waals surface area contributed by atoms with E-state index >= 15 is 0 Å². The molecule has 0 amide bonds. The van der Waals surface area contributed by atoms with Crippen LogP contribution in [0.3, 0.4) is 0 Å². The molecule has 10 heteroatoms. The molecule has 2 aliphatic rings. The Morgan fingerprint density at radius 2 is 0.943 bits per heavy atom. The van der Waals surface area contributed by atoms with Crippen molar-refractivity contribution in [3.63, 3.8) is 0 Å². The molecule has 1 saturated carbocycles. The van der Waals surface area contributed by atoms with E-state index in [2.05, 4.69) is 0 Å². The van der Waals surface area contributed by atoms with Crippen molar-refractivity contribution < 1.29 is 38.1 Å². The Kier molecular flexibility index (Phi) is 13.2. The van der Waals surface area contributed by atoms with Crippen LogP contribution in [0.4, 0.5) is 0 Å². The molecule has 0 N–H and O–H groups in total. The van der Waals surface area contributed by atoms with Crippen molar-refractivity contribution >= 4 is 72.0 Å². The number of carbonyl (C=O) groups excluding carboxylic acids is 4. The zero-order valence-electron chi connectivity index (χ0n) is 30.7. The van der Waals surface area contributed by atoms with Gasteiger partial charge in [-0.05, 0) is 40.8 Å². The van der Waals surface area contributed by atoms with Crippen molar-refractivity contribution in [2.24, 2.45) is 10.8 Å². The van der Waals surface area contributed by atoms with E-state index in [0.717, 1.165) is 24.0 Å². The Labute approximate surface area is 331 Å². The molecule has 0 atom stereocenters. The highest BCUT2D eigenvalue weighted by Gasteiger charge is 2.51. The Morgan fingerprint density at radius 3 is 1.36 bits per heavy atom. The maximum absolute atomic E-state index is 12.6.